The molecule has 0 saturated carbocycles. The fraction of sp³-hybridized carbons (Fsp3) is 0.375. The first kappa shape index (κ1) is 12.9. The number of nitrogens with zero attached hydrogens (tertiary/aromatic N) is 3. The maximum Gasteiger partial charge on any atom is 0.130 e. The van der Waals surface area contributed by atoms with Gasteiger partial charge in [0.05, 0.1) is 29.3 Å². The van der Waals surface area contributed by atoms with Crippen LogP contribution in [0.2, 0.25) is 0 Å². The van der Waals surface area contributed by atoms with Crippen LogP contribution in [0.15, 0.2) is 30.3 Å². The number of fused-ring (bicyclic) bond motifs is 1. The largest absolute Gasteiger partial charge is 0.376 e. The quantitative estimate of drug-likeness (QED) is 0.839. The molecule has 0 N–H and O–H groups in total. The van der Waals surface area contributed by atoms with Gasteiger partial charge in [-0.1, -0.05) is 18.2 Å². The summed E-state index contributed by atoms with van der Waals surface area (Å²) in [4.78, 5) is 6.81. The van der Waals surface area contributed by atoms with Crippen LogP contribution in [0.25, 0.3) is 10.9 Å². The Kier molecular flexibility index (Phi) is 3.29. The molecule has 2 atom stereocenters. The number of ether oxygens (including phenoxy) is 1. The molecule has 20 heavy (non-hydrogen) atoms. The Morgan fingerprint density at radius 3 is 2.90 bits per heavy atom. The minimum Gasteiger partial charge on any atom is -0.376 e. The van der Waals surface area contributed by atoms with Crippen LogP contribution in [0.1, 0.15) is 18.9 Å². The fourth-order valence-corrected chi connectivity index (χ4v) is 2.83. The first-order valence-electron chi connectivity index (χ1n) is 6.85. The predicted octanol–water partition coefficient (Wildman–Crippen LogP) is 2.72. The molecule has 0 radical (unpaired) electrons. The maximum atomic E-state index is 9.34. The molecule has 4 heteroatoms. The normalized spacial score (nSPS) is 21.9. The van der Waals surface area contributed by atoms with Gasteiger partial charge in [-0.05, 0) is 25.5 Å². The number of likely N-dealkylation sites (N-methyl/N-ethyl adjacent to an activating group) is 1. The number of hydrogen-bond donors (Lipinski definition) is 0. The zero-order valence-corrected chi connectivity index (χ0v) is 11.7. The highest BCUT2D eigenvalue weighted by molar-refractivity contribution is 5.86. The third kappa shape index (κ3) is 2.10. The smallest absolute Gasteiger partial charge is 0.130 e. The molecule has 0 bridgehead atoms. The molecule has 0 aliphatic carbocycles. The summed E-state index contributed by atoms with van der Waals surface area (Å²) >= 11 is 0. The molecule has 1 aromatic carbocycles. The van der Waals surface area contributed by atoms with Crippen LogP contribution in [0, 0.1) is 11.3 Å². The lowest BCUT2D eigenvalue weighted by Crippen LogP contribution is -2.37. The molecule has 2 unspecified atom stereocenters. The van der Waals surface area contributed by atoms with Crippen molar-refractivity contribution in [3.63, 3.8) is 0 Å². The van der Waals surface area contributed by atoms with E-state index in [0.29, 0.717) is 11.6 Å². The van der Waals surface area contributed by atoms with Crippen LogP contribution in [-0.2, 0) is 4.74 Å². The van der Waals surface area contributed by atoms with Gasteiger partial charge in [0.2, 0.25) is 0 Å². The SMILES string of the molecule is CC1OCCC1N(C)c1cc(C#N)c2ccccc2n1. The van der Waals surface area contributed by atoms with Gasteiger partial charge in [-0.2, -0.15) is 5.26 Å². The summed E-state index contributed by atoms with van der Waals surface area (Å²) in [5, 5.41) is 10.2. The molecule has 1 saturated heterocycles. The third-order valence-corrected chi connectivity index (χ3v) is 4.02. The lowest BCUT2D eigenvalue weighted by atomic mass is 10.1. The Morgan fingerprint density at radius 1 is 1.40 bits per heavy atom. The van der Waals surface area contributed by atoms with E-state index in [1.54, 1.807) is 0 Å². The van der Waals surface area contributed by atoms with Gasteiger partial charge in [-0.3, -0.25) is 0 Å². The fourth-order valence-electron chi connectivity index (χ4n) is 2.83. The van der Waals surface area contributed by atoms with Crippen molar-refractivity contribution in [2.24, 2.45) is 0 Å². The van der Waals surface area contributed by atoms with E-state index in [1.807, 2.05) is 37.4 Å². The van der Waals surface area contributed by atoms with Crippen LogP contribution in [0.4, 0.5) is 5.82 Å². The number of benzene rings is 1. The summed E-state index contributed by atoms with van der Waals surface area (Å²) in [5.74, 6) is 0.836. The Bertz CT molecular complexity index is 677. The van der Waals surface area contributed by atoms with Gasteiger partial charge in [-0.15, -0.1) is 0 Å². The molecule has 0 spiro atoms. The van der Waals surface area contributed by atoms with Gasteiger partial charge >= 0.3 is 0 Å². The summed E-state index contributed by atoms with van der Waals surface area (Å²) < 4.78 is 5.62. The van der Waals surface area contributed by atoms with Gasteiger partial charge in [-0.25, -0.2) is 4.98 Å². The maximum absolute atomic E-state index is 9.34. The Hall–Kier alpha value is -2.12. The van der Waals surface area contributed by atoms with E-state index in [9.17, 15) is 5.26 Å². The van der Waals surface area contributed by atoms with E-state index in [0.717, 1.165) is 29.7 Å². The topological polar surface area (TPSA) is 49.1 Å². The Labute approximate surface area is 118 Å². The Morgan fingerprint density at radius 2 is 2.20 bits per heavy atom. The molecular formula is C16H17N3O. The summed E-state index contributed by atoms with van der Waals surface area (Å²) in [7, 11) is 2.02. The predicted molar refractivity (Wildman–Crippen MR) is 78.7 cm³/mol. The average molecular weight is 267 g/mol. The second-order valence-corrected chi connectivity index (χ2v) is 5.20. The average Bonchev–Trinajstić information content (AvgIpc) is 2.91. The monoisotopic (exact) mass is 267 g/mol. The van der Waals surface area contributed by atoms with Crippen molar-refractivity contribution >= 4 is 16.7 Å². The highest BCUT2D eigenvalue weighted by atomic mass is 16.5. The second kappa shape index (κ2) is 5.10. The highest BCUT2D eigenvalue weighted by Gasteiger charge is 2.29. The first-order chi connectivity index (χ1) is 9.70. The number of rotatable bonds is 2. The zero-order chi connectivity index (χ0) is 14.1. The van der Waals surface area contributed by atoms with E-state index in [2.05, 4.69) is 22.9 Å². The van der Waals surface area contributed by atoms with Crippen LogP contribution < -0.4 is 4.90 Å². The van der Waals surface area contributed by atoms with Crippen molar-refractivity contribution in [1.82, 2.24) is 4.98 Å². The van der Waals surface area contributed by atoms with Crippen molar-refractivity contribution in [3.8, 4) is 6.07 Å². The Balaban J connectivity index is 2.06. The molecule has 4 nitrogen and oxygen atoms in total. The molecule has 0 amide bonds. The molecule has 1 aliphatic rings. The number of pyridine rings is 1. The molecule has 1 aliphatic heterocycles. The number of nitriles is 1. The molecule has 102 valence electrons. The van der Waals surface area contributed by atoms with Gasteiger partial charge in [0.25, 0.3) is 0 Å². The first-order valence-corrected chi connectivity index (χ1v) is 6.85. The summed E-state index contributed by atoms with van der Waals surface area (Å²) in [6.45, 7) is 2.87. The molecule has 3 rings (SSSR count). The number of hydrogen-bond acceptors (Lipinski definition) is 4. The van der Waals surface area contributed by atoms with Crippen LogP contribution in [0.3, 0.4) is 0 Å². The molecular weight excluding hydrogens is 250 g/mol. The number of anilines is 1. The summed E-state index contributed by atoms with van der Waals surface area (Å²) in [6.07, 6.45) is 1.19. The second-order valence-electron chi connectivity index (χ2n) is 5.20. The van der Waals surface area contributed by atoms with Gasteiger partial charge in [0.1, 0.15) is 5.82 Å². The summed E-state index contributed by atoms with van der Waals surface area (Å²) in [6, 6.07) is 12.2. The number of para-hydroxylation sites is 1. The van der Waals surface area contributed by atoms with E-state index in [1.165, 1.54) is 0 Å². The lowest BCUT2D eigenvalue weighted by molar-refractivity contribution is 0.118. The van der Waals surface area contributed by atoms with Crippen molar-refractivity contribution in [1.29, 1.82) is 5.26 Å². The van der Waals surface area contributed by atoms with Gasteiger partial charge in [0.15, 0.2) is 0 Å². The number of aromatic nitrogens is 1. The van der Waals surface area contributed by atoms with Crippen molar-refractivity contribution in [3.05, 3.63) is 35.9 Å². The van der Waals surface area contributed by atoms with Crippen LogP contribution in [-0.4, -0.2) is 30.8 Å². The molecule has 1 aromatic heterocycles. The molecule has 1 fully saturated rings. The van der Waals surface area contributed by atoms with E-state index >= 15 is 0 Å². The van der Waals surface area contributed by atoms with Crippen molar-refractivity contribution < 1.29 is 4.74 Å². The minimum atomic E-state index is 0.193. The summed E-state index contributed by atoms with van der Waals surface area (Å²) in [5.41, 5.74) is 1.53. The standard InChI is InChI=1S/C16H17N3O/c1-11-15(7-8-20-11)19(2)16-9-12(10-17)13-5-3-4-6-14(13)18-16/h3-6,9,11,15H,7-8H2,1-2H3. The van der Waals surface area contributed by atoms with Crippen molar-refractivity contribution in [2.75, 3.05) is 18.6 Å². The molecule has 2 aromatic rings. The zero-order valence-electron chi connectivity index (χ0n) is 11.7. The van der Waals surface area contributed by atoms with Crippen LogP contribution in [0.5, 0.6) is 0 Å². The van der Waals surface area contributed by atoms with Gasteiger partial charge < -0.3 is 9.64 Å². The minimum absolute atomic E-state index is 0.193. The van der Waals surface area contributed by atoms with Crippen LogP contribution >= 0.6 is 0 Å². The van der Waals surface area contributed by atoms with E-state index < -0.39 is 0 Å². The van der Waals surface area contributed by atoms with E-state index in [4.69, 9.17) is 4.74 Å². The third-order valence-electron chi connectivity index (χ3n) is 4.02. The lowest BCUT2D eigenvalue weighted by Gasteiger charge is -2.28. The highest BCUT2D eigenvalue weighted by Crippen LogP contribution is 2.26. The van der Waals surface area contributed by atoms with Crippen molar-refractivity contribution in [2.45, 2.75) is 25.5 Å². The van der Waals surface area contributed by atoms with Gasteiger partial charge in [0, 0.05) is 19.0 Å². The molecule has 2 heterocycles. The van der Waals surface area contributed by atoms with E-state index in [-0.39, 0.29) is 6.10 Å².